The van der Waals surface area contributed by atoms with Crippen LogP contribution in [0, 0.1) is 11.3 Å². The molecule has 1 saturated carbocycles. The fourth-order valence-electron chi connectivity index (χ4n) is 4.12. The van der Waals surface area contributed by atoms with Gasteiger partial charge in [0.15, 0.2) is 9.84 Å². The van der Waals surface area contributed by atoms with Crippen LogP contribution in [-0.4, -0.2) is 68.6 Å². The standard InChI is InChI=1S/C25H27N5O7S/c1-24(13-31,14-32)38(35,36)25(7-8-25)15-37-22-20-18(12-28-29-22)9-19(23(34)30(20)2)21(33)27-11-17-5-3-16(10-26)4-6-17/h3-6,9,12,31-32H,7-8,11,13-15H2,1-2H3,(H,27,33). The Bertz CT molecular complexity index is 1590. The summed E-state index contributed by atoms with van der Waals surface area (Å²) in [7, 11) is -2.55. The van der Waals surface area contributed by atoms with Crippen molar-refractivity contribution in [1.29, 1.82) is 5.26 Å². The summed E-state index contributed by atoms with van der Waals surface area (Å²) in [6.45, 7) is -0.373. The molecule has 0 atom stereocenters. The molecule has 1 amide bonds. The summed E-state index contributed by atoms with van der Waals surface area (Å²) in [5, 5.41) is 39.0. The number of sulfone groups is 1. The van der Waals surface area contributed by atoms with Gasteiger partial charge in [-0.15, -0.1) is 5.10 Å². The molecule has 3 N–H and O–H groups in total. The number of carbonyl (C=O) groups is 1. The van der Waals surface area contributed by atoms with Crippen molar-refractivity contribution in [3.8, 4) is 11.9 Å². The van der Waals surface area contributed by atoms with Gasteiger partial charge >= 0.3 is 0 Å². The number of fused-ring (bicyclic) bond motifs is 1. The van der Waals surface area contributed by atoms with Gasteiger partial charge in [0.25, 0.3) is 17.3 Å². The number of rotatable bonds is 10. The van der Waals surface area contributed by atoms with E-state index >= 15 is 0 Å². The number of nitriles is 1. The van der Waals surface area contributed by atoms with Crippen LogP contribution in [-0.2, 0) is 23.4 Å². The molecule has 3 aromatic rings. The Kier molecular flexibility index (Phi) is 7.24. The van der Waals surface area contributed by atoms with E-state index < -0.39 is 44.0 Å². The van der Waals surface area contributed by atoms with Crippen LogP contribution in [0.15, 0.2) is 41.3 Å². The van der Waals surface area contributed by atoms with Gasteiger partial charge in [-0.2, -0.15) is 10.4 Å². The van der Waals surface area contributed by atoms with E-state index in [2.05, 4.69) is 15.5 Å². The molecule has 200 valence electrons. The van der Waals surface area contributed by atoms with Gasteiger partial charge in [0.2, 0.25) is 0 Å². The van der Waals surface area contributed by atoms with E-state index in [1.54, 1.807) is 24.3 Å². The lowest BCUT2D eigenvalue weighted by molar-refractivity contribution is 0.0949. The Labute approximate surface area is 218 Å². The second-order valence-corrected chi connectivity index (χ2v) is 12.5. The first kappa shape index (κ1) is 27.2. The normalized spacial score (nSPS) is 14.6. The Morgan fingerprint density at radius 1 is 1.26 bits per heavy atom. The average Bonchev–Trinajstić information content (AvgIpc) is 3.73. The molecule has 1 aliphatic carbocycles. The number of aliphatic hydroxyl groups excluding tert-OH is 2. The van der Waals surface area contributed by atoms with E-state index in [0.29, 0.717) is 10.9 Å². The largest absolute Gasteiger partial charge is 0.473 e. The highest BCUT2D eigenvalue weighted by atomic mass is 32.2. The summed E-state index contributed by atoms with van der Waals surface area (Å²) < 4.78 is 30.3. The number of nitrogens with one attached hydrogen (secondary N) is 1. The molecule has 12 nitrogen and oxygen atoms in total. The molecule has 2 aromatic heterocycles. The van der Waals surface area contributed by atoms with Gasteiger partial charge in [0.05, 0.1) is 31.0 Å². The molecule has 0 saturated heterocycles. The second-order valence-electron chi connectivity index (χ2n) is 9.61. The quantitative estimate of drug-likeness (QED) is 0.320. The van der Waals surface area contributed by atoms with Gasteiger partial charge in [-0.25, -0.2) is 8.42 Å². The number of amides is 1. The van der Waals surface area contributed by atoms with E-state index in [9.17, 15) is 28.2 Å². The van der Waals surface area contributed by atoms with Crippen molar-refractivity contribution >= 4 is 26.6 Å². The molecule has 1 aliphatic rings. The first-order valence-corrected chi connectivity index (χ1v) is 13.2. The van der Waals surface area contributed by atoms with Crippen LogP contribution in [0.3, 0.4) is 0 Å². The number of aliphatic hydroxyl groups is 2. The summed E-state index contributed by atoms with van der Waals surface area (Å²) in [6, 6.07) is 10.0. The minimum Gasteiger partial charge on any atom is -0.473 e. The molecule has 1 fully saturated rings. The summed E-state index contributed by atoms with van der Waals surface area (Å²) >= 11 is 0. The highest BCUT2D eigenvalue weighted by Crippen LogP contribution is 2.48. The molecule has 0 bridgehead atoms. The minimum absolute atomic E-state index is 0.0807. The lowest BCUT2D eigenvalue weighted by Crippen LogP contribution is -2.50. The summed E-state index contributed by atoms with van der Waals surface area (Å²) in [4.78, 5) is 25.9. The number of carbonyl (C=O) groups excluding carboxylic acids is 1. The first-order chi connectivity index (χ1) is 18.0. The Morgan fingerprint density at radius 2 is 1.92 bits per heavy atom. The highest BCUT2D eigenvalue weighted by molar-refractivity contribution is 7.94. The fourth-order valence-corrected chi connectivity index (χ4v) is 6.36. The van der Waals surface area contributed by atoms with Crippen molar-refractivity contribution in [3.63, 3.8) is 0 Å². The van der Waals surface area contributed by atoms with E-state index in [-0.39, 0.29) is 43.0 Å². The number of aromatic nitrogens is 3. The van der Waals surface area contributed by atoms with Crippen LogP contribution in [0.25, 0.3) is 10.9 Å². The third kappa shape index (κ3) is 4.62. The third-order valence-electron chi connectivity index (χ3n) is 6.94. The molecule has 38 heavy (non-hydrogen) atoms. The molecule has 4 rings (SSSR count). The molecule has 0 unspecified atom stereocenters. The fraction of sp³-hybridized carbons (Fsp3) is 0.400. The van der Waals surface area contributed by atoms with Crippen molar-refractivity contribution in [2.75, 3.05) is 19.8 Å². The highest BCUT2D eigenvalue weighted by Gasteiger charge is 2.61. The Morgan fingerprint density at radius 3 is 2.50 bits per heavy atom. The van der Waals surface area contributed by atoms with Crippen molar-refractivity contribution < 1.29 is 28.2 Å². The summed E-state index contributed by atoms with van der Waals surface area (Å²) in [5.41, 5.74) is 0.724. The predicted octanol–water partition coefficient (Wildman–Crippen LogP) is 0.200. The Hall–Kier alpha value is -3.86. The number of hydrogen-bond acceptors (Lipinski definition) is 10. The zero-order chi connectivity index (χ0) is 27.7. The van der Waals surface area contributed by atoms with Crippen LogP contribution in [0.5, 0.6) is 5.88 Å². The molecule has 0 radical (unpaired) electrons. The van der Waals surface area contributed by atoms with Crippen LogP contribution in [0.2, 0.25) is 0 Å². The van der Waals surface area contributed by atoms with E-state index in [0.717, 1.165) is 5.56 Å². The van der Waals surface area contributed by atoms with E-state index in [1.165, 1.54) is 30.8 Å². The van der Waals surface area contributed by atoms with Crippen molar-refractivity contribution in [3.05, 3.63) is 63.6 Å². The van der Waals surface area contributed by atoms with Crippen LogP contribution in [0.1, 0.15) is 41.3 Å². The molecule has 2 heterocycles. The van der Waals surface area contributed by atoms with Crippen molar-refractivity contribution in [2.24, 2.45) is 7.05 Å². The maximum atomic E-state index is 13.2. The number of benzene rings is 1. The number of pyridine rings is 1. The van der Waals surface area contributed by atoms with Gasteiger partial charge in [0, 0.05) is 19.0 Å². The topological polar surface area (TPSA) is 184 Å². The van der Waals surface area contributed by atoms with Crippen molar-refractivity contribution in [2.45, 2.75) is 35.8 Å². The number of nitrogens with zero attached hydrogens (tertiary/aromatic N) is 4. The molecule has 13 heteroatoms. The van der Waals surface area contributed by atoms with Gasteiger partial charge < -0.3 is 24.8 Å². The predicted molar refractivity (Wildman–Crippen MR) is 136 cm³/mol. The maximum Gasteiger partial charge on any atom is 0.263 e. The van der Waals surface area contributed by atoms with Crippen molar-refractivity contribution in [1.82, 2.24) is 20.1 Å². The number of aryl methyl sites for hydroxylation is 1. The third-order valence-corrected chi connectivity index (χ3v) is 10.2. The number of ether oxygens (including phenoxy) is 1. The molecule has 0 spiro atoms. The maximum absolute atomic E-state index is 13.2. The summed E-state index contributed by atoms with van der Waals surface area (Å²) in [5.74, 6) is -0.686. The molecular weight excluding hydrogens is 514 g/mol. The minimum atomic E-state index is -3.99. The SMILES string of the molecule is Cn1c(=O)c(C(=O)NCc2ccc(C#N)cc2)cc2cnnc(OCC3(S(=O)(=O)C(C)(CO)CO)CC3)c21. The van der Waals surface area contributed by atoms with E-state index in [1.807, 2.05) is 6.07 Å². The van der Waals surface area contributed by atoms with Gasteiger partial charge in [-0.1, -0.05) is 12.1 Å². The smallest absolute Gasteiger partial charge is 0.263 e. The van der Waals surface area contributed by atoms with Crippen LogP contribution < -0.4 is 15.6 Å². The molecule has 1 aromatic carbocycles. The Balaban J connectivity index is 1.58. The van der Waals surface area contributed by atoms with Gasteiger partial charge in [0.1, 0.15) is 27.2 Å². The molecular formula is C25H27N5O7S. The molecule has 0 aliphatic heterocycles. The zero-order valence-electron chi connectivity index (χ0n) is 20.8. The number of hydrogen-bond donors (Lipinski definition) is 3. The second kappa shape index (κ2) is 10.1. The average molecular weight is 542 g/mol. The van der Waals surface area contributed by atoms with Crippen LogP contribution in [0.4, 0.5) is 0 Å². The van der Waals surface area contributed by atoms with Crippen LogP contribution >= 0.6 is 0 Å². The monoisotopic (exact) mass is 541 g/mol. The zero-order valence-corrected chi connectivity index (χ0v) is 21.7. The lowest BCUT2D eigenvalue weighted by Gasteiger charge is -2.30. The van der Waals surface area contributed by atoms with Gasteiger partial charge in [-0.05, 0) is 43.5 Å². The lowest BCUT2D eigenvalue weighted by atomic mass is 10.1. The summed E-state index contributed by atoms with van der Waals surface area (Å²) in [6.07, 6.45) is 1.93. The van der Waals surface area contributed by atoms with E-state index in [4.69, 9.17) is 10.00 Å². The van der Waals surface area contributed by atoms with Gasteiger partial charge in [-0.3, -0.25) is 9.59 Å². The first-order valence-electron chi connectivity index (χ1n) is 11.7.